The lowest BCUT2D eigenvalue weighted by Crippen LogP contribution is -2.06. The van der Waals surface area contributed by atoms with Gasteiger partial charge in [0, 0.05) is 12.8 Å². The molecule has 0 amide bonds. The molecule has 0 unspecified atom stereocenters. The van der Waals surface area contributed by atoms with Crippen LogP contribution in [0.2, 0.25) is 0 Å². The molecule has 0 spiro atoms. The van der Waals surface area contributed by atoms with Crippen molar-refractivity contribution in [2.45, 2.75) is 19.3 Å². The van der Waals surface area contributed by atoms with Crippen LogP contribution in [0.5, 0.6) is 0 Å². The topological polar surface area (TPSA) is 168 Å². The van der Waals surface area contributed by atoms with Gasteiger partial charge in [-0.05, 0) is 6.42 Å². The van der Waals surface area contributed by atoms with Crippen molar-refractivity contribution in [1.29, 1.82) is 0 Å². The van der Waals surface area contributed by atoms with Gasteiger partial charge in [-0.1, -0.05) is 0 Å². The normalized spacial score (nSPS) is 12.0. The quantitative estimate of drug-likeness (QED) is 0.465. The lowest BCUT2D eigenvalue weighted by Gasteiger charge is -2.05. The Kier molecular flexibility index (Phi) is 5.97. The second kappa shape index (κ2) is 6.25. The number of phosphoric ester groups is 2. The van der Waals surface area contributed by atoms with Crippen LogP contribution in [0.4, 0.5) is 0 Å². The lowest BCUT2D eigenvalue weighted by atomic mass is 10.2. The van der Waals surface area contributed by atoms with Gasteiger partial charge in [0.25, 0.3) is 0 Å². The molecule has 0 aliphatic heterocycles. The molecule has 17 heavy (non-hydrogen) atoms. The molecule has 0 aromatic carbocycles. The van der Waals surface area contributed by atoms with E-state index in [9.17, 15) is 18.7 Å². The summed E-state index contributed by atoms with van der Waals surface area (Å²) >= 11 is 0. The first kappa shape index (κ1) is 16.2. The van der Waals surface area contributed by atoms with Gasteiger partial charge in [0.1, 0.15) is 0 Å². The van der Waals surface area contributed by atoms with E-state index in [1.165, 1.54) is 0 Å². The summed E-state index contributed by atoms with van der Waals surface area (Å²) in [4.78, 5) is 54.3. The largest absolute Gasteiger partial charge is 0.526 e. The monoisotopic (exact) mass is 292 g/mol. The number of hydrogen-bond donors (Lipinski definition) is 4. The highest BCUT2D eigenvalue weighted by atomic mass is 31.2. The zero-order valence-electron chi connectivity index (χ0n) is 8.25. The van der Waals surface area contributed by atoms with Crippen LogP contribution < -0.4 is 0 Å². The van der Waals surface area contributed by atoms with E-state index >= 15 is 0 Å². The summed E-state index contributed by atoms with van der Waals surface area (Å²) in [6, 6.07) is 0. The second-order valence-corrected chi connectivity index (χ2v) is 5.09. The van der Waals surface area contributed by atoms with Crippen molar-refractivity contribution in [2.75, 3.05) is 0 Å². The van der Waals surface area contributed by atoms with Gasteiger partial charge in [-0.2, -0.15) is 0 Å². The fourth-order valence-electron chi connectivity index (χ4n) is 0.734. The molecule has 4 N–H and O–H groups in total. The Bertz CT molecular complexity index is 340. The van der Waals surface area contributed by atoms with Crippen molar-refractivity contribution in [3.63, 3.8) is 0 Å². The molecule has 0 atom stereocenters. The van der Waals surface area contributed by atoms with Crippen LogP contribution in [0.15, 0.2) is 0 Å². The average Bonchev–Trinajstić information content (AvgIpc) is 1.95. The molecule has 0 radical (unpaired) electrons. The highest BCUT2D eigenvalue weighted by Gasteiger charge is 2.22. The molecule has 0 aromatic rings. The van der Waals surface area contributed by atoms with Gasteiger partial charge >= 0.3 is 27.6 Å². The van der Waals surface area contributed by atoms with E-state index in [0.717, 1.165) is 0 Å². The molecule has 0 fully saturated rings. The van der Waals surface area contributed by atoms with Crippen LogP contribution in [0, 0.1) is 0 Å². The summed E-state index contributed by atoms with van der Waals surface area (Å²) in [5.41, 5.74) is 0. The Morgan fingerprint density at radius 2 is 1.12 bits per heavy atom. The molecule has 0 bridgehead atoms. The summed E-state index contributed by atoms with van der Waals surface area (Å²) in [7, 11) is -9.82. The maximum Gasteiger partial charge on any atom is 0.526 e. The van der Waals surface area contributed by atoms with Crippen LogP contribution in [-0.4, -0.2) is 31.5 Å². The van der Waals surface area contributed by atoms with Gasteiger partial charge < -0.3 is 9.05 Å². The van der Waals surface area contributed by atoms with Crippen LogP contribution in [0.25, 0.3) is 0 Å². The van der Waals surface area contributed by atoms with Gasteiger partial charge in [0.15, 0.2) is 0 Å². The lowest BCUT2D eigenvalue weighted by molar-refractivity contribution is -0.137. The molecule has 0 aliphatic carbocycles. The zero-order chi connectivity index (χ0) is 13.7. The molecule has 12 heteroatoms. The van der Waals surface area contributed by atoms with E-state index in [2.05, 4.69) is 9.05 Å². The summed E-state index contributed by atoms with van der Waals surface area (Å²) < 4.78 is 27.7. The molecule has 10 nitrogen and oxygen atoms in total. The Labute approximate surface area is 95.0 Å². The van der Waals surface area contributed by atoms with Crippen molar-refractivity contribution in [2.24, 2.45) is 0 Å². The molecule has 0 aliphatic rings. The van der Waals surface area contributed by atoms with E-state index in [-0.39, 0.29) is 6.42 Å². The molecular weight excluding hydrogens is 282 g/mol. The summed E-state index contributed by atoms with van der Waals surface area (Å²) in [6.45, 7) is 0. The predicted molar refractivity (Wildman–Crippen MR) is 50.1 cm³/mol. The van der Waals surface area contributed by atoms with Gasteiger partial charge in [0.05, 0.1) is 0 Å². The van der Waals surface area contributed by atoms with Crippen LogP contribution in [0.1, 0.15) is 19.3 Å². The van der Waals surface area contributed by atoms with E-state index in [1.807, 2.05) is 0 Å². The Morgan fingerprint density at radius 1 is 0.824 bits per heavy atom. The maximum absolute atomic E-state index is 10.7. The van der Waals surface area contributed by atoms with Crippen LogP contribution in [-0.2, 0) is 27.8 Å². The van der Waals surface area contributed by atoms with E-state index in [1.54, 1.807) is 0 Å². The maximum atomic E-state index is 10.7. The van der Waals surface area contributed by atoms with Gasteiger partial charge in [-0.15, -0.1) is 0 Å². The molecule has 0 saturated heterocycles. The van der Waals surface area contributed by atoms with Crippen molar-refractivity contribution >= 4 is 27.6 Å². The summed E-state index contributed by atoms with van der Waals surface area (Å²) in [5, 5.41) is 0. The van der Waals surface area contributed by atoms with Crippen molar-refractivity contribution in [3.05, 3.63) is 0 Å². The number of carbonyl (C=O) groups is 2. The first-order valence-electron chi connectivity index (χ1n) is 4.05. The summed E-state index contributed by atoms with van der Waals surface area (Å²) in [6.07, 6.45) is -1.22. The Balaban J connectivity index is 3.86. The first-order valence-corrected chi connectivity index (χ1v) is 7.11. The summed E-state index contributed by atoms with van der Waals surface area (Å²) in [5.74, 6) is -2.47. The average molecular weight is 292 g/mol. The third-order valence-electron chi connectivity index (χ3n) is 1.20. The molecule has 0 saturated carbocycles. The minimum atomic E-state index is -4.91. The molecular formula is C5H10O10P2. The number of hydrogen-bond acceptors (Lipinski definition) is 6. The van der Waals surface area contributed by atoms with E-state index in [0.29, 0.717) is 0 Å². The first-order chi connectivity index (χ1) is 7.49. The molecule has 100 valence electrons. The Morgan fingerprint density at radius 3 is 1.35 bits per heavy atom. The number of phosphoric acid groups is 2. The van der Waals surface area contributed by atoms with E-state index < -0.39 is 40.4 Å². The number of rotatable bonds is 6. The highest BCUT2D eigenvalue weighted by Crippen LogP contribution is 2.37. The van der Waals surface area contributed by atoms with E-state index in [4.69, 9.17) is 19.6 Å². The van der Waals surface area contributed by atoms with Crippen LogP contribution in [0.3, 0.4) is 0 Å². The van der Waals surface area contributed by atoms with Gasteiger partial charge in [0.2, 0.25) is 0 Å². The standard InChI is InChI=1S/C5H10O10P2/c6-4(14-16(8,9)10)2-1-3-5(7)15-17(11,12)13/h1-3H2,(H2,8,9,10)(H2,11,12,13). The Hall–Kier alpha value is -0.760. The predicted octanol–water partition coefficient (Wildman–Crippen LogP) is -0.572. The molecule has 0 aromatic heterocycles. The number of carbonyl (C=O) groups excluding carboxylic acids is 2. The fraction of sp³-hybridized carbons (Fsp3) is 0.600. The zero-order valence-corrected chi connectivity index (χ0v) is 10.0. The van der Waals surface area contributed by atoms with Crippen molar-refractivity contribution < 1.29 is 47.3 Å². The SMILES string of the molecule is O=C(CCCC(=O)OP(=O)(O)O)OP(=O)(O)O. The molecule has 0 heterocycles. The van der Waals surface area contributed by atoms with Crippen LogP contribution >= 0.6 is 15.6 Å². The third kappa shape index (κ3) is 11.5. The minimum absolute atomic E-state index is 0.225. The minimum Gasteiger partial charge on any atom is -0.371 e. The van der Waals surface area contributed by atoms with Gasteiger partial charge in [-0.3, -0.25) is 29.2 Å². The fourth-order valence-corrected chi connectivity index (χ4v) is 1.45. The third-order valence-corrected chi connectivity index (χ3v) is 2.09. The second-order valence-electron chi connectivity index (χ2n) is 2.76. The molecule has 0 rings (SSSR count). The highest BCUT2D eigenvalue weighted by molar-refractivity contribution is 7.47. The van der Waals surface area contributed by atoms with Gasteiger partial charge in [-0.25, -0.2) is 9.13 Å². The van der Waals surface area contributed by atoms with Crippen molar-refractivity contribution in [3.8, 4) is 0 Å². The smallest absolute Gasteiger partial charge is 0.371 e. The van der Waals surface area contributed by atoms with Crippen molar-refractivity contribution in [1.82, 2.24) is 0 Å².